The molecule has 0 aromatic heterocycles. The van der Waals surface area contributed by atoms with E-state index in [0.29, 0.717) is 29.7 Å². The molecule has 2 aliphatic rings. The van der Waals surface area contributed by atoms with Crippen LogP contribution in [0.25, 0.3) is 0 Å². The van der Waals surface area contributed by atoms with Gasteiger partial charge in [0.2, 0.25) is 5.91 Å². The summed E-state index contributed by atoms with van der Waals surface area (Å²) in [4.78, 5) is 27.1. The van der Waals surface area contributed by atoms with E-state index in [0.717, 1.165) is 12.1 Å². The zero-order chi connectivity index (χ0) is 20.1. The maximum Gasteiger partial charge on any atom is 0.253 e. The van der Waals surface area contributed by atoms with E-state index in [4.69, 9.17) is 0 Å². The Bertz CT molecular complexity index is 664. The van der Waals surface area contributed by atoms with E-state index in [2.05, 4.69) is 19.2 Å². The molecule has 1 aromatic rings. The molecule has 0 bridgehead atoms. The molecule has 0 heterocycles. The largest absolute Gasteiger partial charge is 0.339 e. The molecule has 4 heteroatoms. The number of hydrogen-bond donors (Lipinski definition) is 1. The summed E-state index contributed by atoms with van der Waals surface area (Å²) in [7, 11) is 1.92. The van der Waals surface area contributed by atoms with Crippen LogP contribution in [0.15, 0.2) is 24.3 Å². The molecule has 3 atom stereocenters. The van der Waals surface area contributed by atoms with Gasteiger partial charge >= 0.3 is 0 Å². The normalized spacial score (nSPS) is 24.0. The first-order valence-electron chi connectivity index (χ1n) is 11.1. The summed E-state index contributed by atoms with van der Waals surface area (Å²) in [5.74, 6) is 1.92. The van der Waals surface area contributed by atoms with Crippen molar-refractivity contribution in [2.75, 3.05) is 12.4 Å². The van der Waals surface area contributed by atoms with E-state index in [1.165, 1.54) is 44.9 Å². The monoisotopic (exact) mass is 384 g/mol. The maximum absolute atomic E-state index is 12.9. The van der Waals surface area contributed by atoms with E-state index in [1.807, 2.05) is 36.2 Å². The number of amides is 2. The Kier molecular flexibility index (Phi) is 7.14. The lowest BCUT2D eigenvalue weighted by molar-refractivity contribution is -0.117. The number of nitrogens with one attached hydrogen (secondary N) is 1. The lowest BCUT2D eigenvalue weighted by atomic mass is 9.84. The minimum absolute atomic E-state index is 0.0655. The van der Waals surface area contributed by atoms with Crippen LogP contribution in [0, 0.1) is 17.8 Å². The molecule has 0 spiro atoms. The second-order valence-electron chi connectivity index (χ2n) is 9.05. The van der Waals surface area contributed by atoms with Gasteiger partial charge in [-0.3, -0.25) is 9.59 Å². The van der Waals surface area contributed by atoms with Gasteiger partial charge in [-0.15, -0.1) is 0 Å². The Morgan fingerprint density at radius 2 is 1.71 bits per heavy atom. The van der Waals surface area contributed by atoms with Gasteiger partial charge in [0.15, 0.2) is 0 Å². The maximum atomic E-state index is 12.9. The molecule has 0 aliphatic heterocycles. The number of nitrogens with zero attached hydrogens (tertiary/aromatic N) is 1. The van der Waals surface area contributed by atoms with Crippen molar-refractivity contribution >= 4 is 17.5 Å². The molecule has 2 aliphatic carbocycles. The Balaban J connectivity index is 1.54. The topological polar surface area (TPSA) is 49.4 Å². The van der Waals surface area contributed by atoms with Crippen LogP contribution in [0.4, 0.5) is 5.69 Å². The van der Waals surface area contributed by atoms with Crippen LogP contribution in [0.1, 0.15) is 82.0 Å². The second kappa shape index (κ2) is 9.58. The van der Waals surface area contributed by atoms with E-state index < -0.39 is 0 Å². The van der Waals surface area contributed by atoms with Gasteiger partial charge in [-0.25, -0.2) is 0 Å². The number of carbonyl (C=O) groups is 2. The molecule has 0 radical (unpaired) electrons. The molecule has 2 amide bonds. The van der Waals surface area contributed by atoms with Crippen molar-refractivity contribution in [1.29, 1.82) is 0 Å². The van der Waals surface area contributed by atoms with E-state index in [-0.39, 0.29) is 17.9 Å². The number of benzene rings is 1. The number of rotatable bonds is 6. The van der Waals surface area contributed by atoms with Gasteiger partial charge in [0, 0.05) is 30.8 Å². The van der Waals surface area contributed by atoms with Crippen molar-refractivity contribution in [3.63, 3.8) is 0 Å². The third-order valence-electron chi connectivity index (χ3n) is 7.17. The summed E-state index contributed by atoms with van der Waals surface area (Å²) in [6.07, 6.45) is 10.6. The van der Waals surface area contributed by atoms with Gasteiger partial charge in [-0.1, -0.05) is 39.0 Å². The van der Waals surface area contributed by atoms with E-state index in [9.17, 15) is 9.59 Å². The molecular formula is C24H36N2O2. The fourth-order valence-corrected chi connectivity index (χ4v) is 4.99. The molecule has 2 saturated carbocycles. The first-order valence-corrected chi connectivity index (χ1v) is 11.1. The van der Waals surface area contributed by atoms with Crippen LogP contribution in [-0.2, 0) is 4.79 Å². The molecule has 28 heavy (non-hydrogen) atoms. The molecule has 0 saturated heterocycles. The first-order chi connectivity index (χ1) is 13.5. The zero-order valence-corrected chi connectivity index (χ0v) is 17.7. The number of carbonyl (C=O) groups excluding carboxylic acids is 2. The lowest BCUT2D eigenvalue weighted by Crippen LogP contribution is -2.40. The summed E-state index contributed by atoms with van der Waals surface area (Å²) in [6, 6.07) is 7.63. The third-order valence-corrected chi connectivity index (χ3v) is 7.17. The minimum Gasteiger partial charge on any atom is -0.339 e. The van der Waals surface area contributed by atoms with Gasteiger partial charge in [-0.2, -0.15) is 0 Å². The second-order valence-corrected chi connectivity index (χ2v) is 9.05. The molecule has 1 aromatic carbocycles. The van der Waals surface area contributed by atoms with Gasteiger partial charge in [-0.05, 0) is 68.2 Å². The lowest BCUT2D eigenvalue weighted by Gasteiger charge is -2.34. The van der Waals surface area contributed by atoms with Crippen molar-refractivity contribution in [1.82, 2.24) is 4.90 Å². The summed E-state index contributed by atoms with van der Waals surface area (Å²) in [5, 5.41) is 3.00. The van der Waals surface area contributed by atoms with Crippen LogP contribution in [0.5, 0.6) is 0 Å². The van der Waals surface area contributed by atoms with Crippen molar-refractivity contribution < 1.29 is 9.59 Å². The highest BCUT2D eigenvalue weighted by molar-refractivity contribution is 5.95. The molecular weight excluding hydrogens is 348 g/mol. The molecule has 154 valence electrons. The third kappa shape index (κ3) is 5.15. The summed E-state index contributed by atoms with van der Waals surface area (Å²) in [6.45, 7) is 4.42. The average molecular weight is 385 g/mol. The molecule has 2 unspecified atom stereocenters. The first kappa shape index (κ1) is 20.9. The van der Waals surface area contributed by atoms with Crippen molar-refractivity contribution in [2.45, 2.75) is 77.7 Å². The van der Waals surface area contributed by atoms with Crippen LogP contribution < -0.4 is 5.32 Å². The summed E-state index contributed by atoms with van der Waals surface area (Å²) in [5.41, 5.74) is 1.46. The Morgan fingerprint density at radius 3 is 2.32 bits per heavy atom. The number of anilines is 1. The van der Waals surface area contributed by atoms with Crippen molar-refractivity contribution in [3.8, 4) is 0 Å². The summed E-state index contributed by atoms with van der Waals surface area (Å²) < 4.78 is 0. The Hall–Kier alpha value is -1.84. The highest BCUT2D eigenvalue weighted by atomic mass is 16.2. The standard InChI is InChI=1S/C24H36N2O2/c1-17-8-7-11-21(17)16-23(27)25-22-14-12-20(13-15-22)24(28)26(3)18(2)19-9-5-4-6-10-19/h12-15,17-19,21H,4-11,16H2,1-3H3,(H,25,27)/t17?,18-,21?/m1/s1. The van der Waals surface area contributed by atoms with Gasteiger partial charge < -0.3 is 10.2 Å². The number of hydrogen-bond acceptors (Lipinski definition) is 2. The van der Waals surface area contributed by atoms with E-state index >= 15 is 0 Å². The van der Waals surface area contributed by atoms with Crippen LogP contribution in [0.3, 0.4) is 0 Å². The quantitative estimate of drug-likeness (QED) is 0.705. The highest BCUT2D eigenvalue weighted by Crippen LogP contribution is 2.33. The minimum atomic E-state index is 0.0655. The summed E-state index contributed by atoms with van der Waals surface area (Å²) >= 11 is 0. The predicted octanol–water partition coefficient (Wildman–Crippen LogP) is 5.49. The van der Waals surface area contributed by atoms with Crippen molar-refractivity contribution in [3.05, 3.63) is 29.8 Å². The smallest absolute Gasteiger partial charge is 0.253 e. The molecule has 2 fully saturated rings. The SMILES string of the molecule is CC1CCCC1CC(=O)Nc1ccc(C(=O)N(C)[C@H](C)C2CCCCC2)cc1. The average Bonchev–Trinajstić information content (AvgIpc) is 3.11. The van der Waals surface area contributed by atoms with Gasteiger partial charge in [0.25, 0.3) is 5.91 Å². The molecule has 3 rings (SSSR count). The van der Waals surface area contributed by atoms with Crippen LogP contribution in [0.2, 0.25) is 0 Å². The molecule has 1 N–H and O–H groups in total. The van der Waals surface area contributed by atoms with Crippen LogP contribution in [-0.4, -0.2) is 29.8 Å². The fourth-order valence-electron chi connectivity index (χ4n) is 4.99. The highest BCUT2D eigenvalue weighted by Gasteiger charge is 2.27. The van der Waals surface area contributed by atoms with Crippen LogP contribution >= 0.6 is 0 Å². The Morgan fingerprint density at radius 1 is 1.04 bits per heavy atom. The fraction of sp³-hybridized carbons (Fsp3) is 0.667. The zero-order valence-electron chi connectivity index (χ0n) is 17.7. The predicted molar refractivity (Wildman–Crippen MR) is 114 cm³/mol. The van der Waals surface area contributed by atoms with E-state index in [1.54, 1.807) is 0 Å². The van der Waals surface area contributed by atoms with Crippen molar-refractivity contribution in [2.24, 2.45) is 17.8 Å². The van der Waals surface area contributed by atoms with Gasteiger partial charge in [0.1, 0.15) is 0 Å². The molecule has 4 nitrogen and oxygen atoms in total. The van der Waals surface area contributed by atoms with Gasteiger partial charge in [0.05, 0.1) is 0 Å². The Labute approximate surface area is 170 Å².